The van der Waals surface area contributed by atoms with Crippen LogP contribution in [-0.2, 0) is 6.42 Å². The second kappa shape index (κ2) is 6.96. The summed E-state index contributed by atoms with van der Waals surface area (Å²) in [6.45, 7) is 2.27. The third-order valence-corrected chi connectivity index (χ3v) is 5.53. The van der Waals surface area contributed by atoms with Gasteiger partial charge in [-0.25, -0.2) is 0 Å². The van der Waals surface area contributed by atoms with Crippen LogP contribution < -0.4 is 14.8 Å². The van der Waals surface area contributed by atoms with Crippen LogP contribution in [0.15, 0.2) is 42.5 Å². The smallest absolute Gasteiger partial charge is 0.161 e. The van der Waals surface area contributed by atoms with Crippen molar-refractivity contribution in [3.05, 3.63) is 53.6 Å². The highest BCUT2D eigenvalue weighted by Gasteiger charge is 2.34. The van der Waals surface area contributed by atoms with Crippen molar-refractivity contribution in [2.24, 2.45) is 0 Å². The monoisotopic (exact) mass is 338 g/mol. The molecule has 132 valence electrons. The highest BCUT2D eigenvalue weighted by molar-refractivity contribution is 5.50. The Hall–Kier alpha value is -2.20. The SMILES string of the molecule is COc1cc2c(cc1OC)C1CC(Nc3ccccc3)CCN1CC2. The van der Waals surface area contributed by atoms with Crippen LogP contribution in [0.25, 0.3) is 0 Å². The average Bonchev–Trinajstić information content (AvgIpc) is 2.67. The molecule has 2 aliphatic rings. The summed E-state index contributed by atoms with van der Waals surface area (Å²) < 4.78 is 11.0. The van der Waals surface area contributed by atoms with Gasteiger partial charge in [0.15, 0.2) is 11.5 Å². The maximum absolute atomic E-state index is 5.55. The molecule has 1 fully saturated rings. The van der Waals surface area contributed by atoms with Gasteiger partial charge in [-0.2, -0.15) is 0 Å². The Kier molecular flexibility index (Phi) is 4.53. The molecule has 2 unspecified atom stereocenters. The number of para-hydroxylation sites is 1. The third kappa shape index (κ3) is 3.19. The molecule has 4 heteroatoms. The minimum Gasteiger partial charge on any atom is -0.493 e. The Balaban J connectivity index is 1.58. The summed E-state index contributed by atoms with van der Waals surface area (Å²) in [6, 6.07) is 15.8. The number of nitrogens with one attached hydrogen (secondary N) is 1. The van der Waals surface area contributed by atoms with E-state index in [9.17, 15) is 0 Å². The second-order valence-electron chi connectivity index (χ2n) is 6.94. The summed E-state index contributed by atoms with van der Waals surface area (Å²) >= 11 is 0. The lowest BCUT2D eigenvalue weighted by atomic mass is 9.84. The van der Waals surface area contributed by atoms with E-state index in [0.717, 1.165) is 37.4 Å². The Morgan fingerprint density at radius 1 is 1.00 bits per heavy atom. The van der Waals surface area contributed by atoms with E-state index in [2.05, 4.69) is 52.7 Å². The van der Waals surface area contributed by atoms with Crippen LogP contribution in [0.1, 0.15) is 30.0 Å². The lowest BCUT2D eigenvalue weighted by molar-refractivity contribution is 0.130. The lowest BCUT2D eigenvalue weighted by Crippen LogP contribution is -2.44. The molecule has 1 saturated heterocycles. The van der Waals surface area contributed by atoms with E-state index in [1.807, 2.05) is 0 Å². The van der Waals surface area contributed by atoms with Crippen LogP contribution in [0.2, 0.25) is 0 Å². The number of anilines is 1. The van der Waals surface area contributed by atoms with Gasteiger partial charge in [-0.3, -0.25) is 4.90 Å². The van der Waals surface area contributed by atoms with E-state index < -0.39 is 0 Å². The molecule has 0 radical (unpaired) electrons. The van der Waals surface area contributed by atoms with Crippen molar-refractivity contribution in [1.82, 2.24) is 4.90 Å². The number of benzene rings is 2. The van der Waals surface area contributed by atoms with Gasteiger partial charge in [0.2, 0.25) is 0 Å². The normalized spacial score (nSPS) is 22.6. The molecular weight excluding hydrogens is 312 g/mol. The van der Waals surface area contributed by atoms with Gasteiger partial charge in [0.05, 0.1) is 14.2 Å². The molecule has 0 saturated carbocycles. The van der Waals surface area contributed by atoms with Gasteiger partial charge in [-0.05, 0) is 54.7 Å². The van der Waals surface area contributed by atoms with Gasteiger partial charge < -0.3 is 14.8 Å². The van der Waals surface area contributed by atoms with E-state index >= 15 is 0 Å². The first-order valence-electron chi connectivity index (χ1n) is 9.09. The predicted octanol–water partition coefficient (Wildman–Crippen LogP) is 3.88. The van der Waals surface area contributed by atoms with Crippen LogP contribution in [0, 0.1) is 0 Å². The molecule has 2 aromatic rings. The number of fused-ring (bicyclic) bond motifs is 3. The maximum atomic E-state index is 5.55. The second-order valence-corrected chi connectivity index (χ2v) is 6.94. The fraction of sp³-hybridized carbons (Fsp3) is 0.429. The topological polar surface area (TPSA) is 33.7 Å². The van der Waals surface area contributed by atoms with Crippen molar-refractivity contribution in [3.8, 4) is 11.5 Å². The summed E-state index contributed by atoms with van der Waals surface area (Å²) in [4.78, 5) is 2.62. The lowest BCUT2D eigenvalue weighted by Gasteiger charge is -2.44. The van der Waals surface area contributed by atoms with E-state index in [1.54, 1.807) is 14.2 Å². The van der Waals surface area contributed by atoms with Gasteiger partial charge in [-0.15, -0.1) is 0 Å². The van der Waals surface area contributed by atoms with E-state index in [4.69, 9.17) is 9.47 Å². The molecule has 1 N–H and O–H groups in total. The average molecular weight is 338 g/mol. The zero-order valence-corrected chi connectivity index (χ0v) is 15.0. The summed E-state index contributed by atoms with van der Waals surface area (Å²) in [7, 11) is 3.42. The zero-order chi connectivity index (χ0) is 17.2. The minimum absolute atomic E-state index is 0.457. The van der Waals surface area contributed by atoms with Crippen molar-refractivity contribution < 1.29 is 9.47 Å². The van der Waals surface area contributed by atoms with Crippen molar-refractivity contribution in [1.29, 1.82) is 0 Å². The molecule has 4 nitrogen and oxygen atoms in total. The first-order valence-corrected chi connectivity index (χ1v) is 9.09. The fourth-order valence-corrected chi connectivity index (χ4v) is 4.23. The number of nitrogens with zero attached hydrogens (tertiary/aromatic N) is 1. The quantitative estimate of drug-likeness (QED) is 0.917. The molecule has 0 bridgehead atoms. The van der Waals surface area contributed by atoms with Crippen LogP contribution >= 0.6 is 0 Å². The van der Waals surface area contributed by atoms with Crippen LogP contribution in [-0.4, -0.2) is 38.3 Å². The fourth-order valence-electron chi connectivity index (χ4n) is 4.23. The standard InChI is InChI=1S/C21H26N2O2/c1-24-20-12-15-8-10-23-11-9-17(22-16-6-4-3-5-7-16)13-19(23)18(15)14-21(20)25-2/h3-7,12,14,17,19,22H,8-11,13H2,1-2H3. The van der Waals surface area contributed by atoms with Crippen molar-refractivity contribution in [3.63, 3.8) is 0 Å². The number of methoxy groups -OCH3 is 2. The van der Waals surface area contributed by atoms with E-state index in [1.165, 1.54) is 23.2 Å². The molecule has 2 atom stereocenters. The first kappa shape index (κ1) is 16.3. The number of hydrogen-bond acceptors (Lipinski definition) is 4. The summed E-state index contributed by atoms with van der Waals surface area (Å²) in [5.41, 5.74) is 4.02. The molecule has 0 aliphatic carbocycles. The summed E-state index contributed by atoms with van der Waals surface area (Å²) in [6.07, 6.45) is 3.40. The summed E-state index contributed by atoms with van der Waals surface area (Å²) in [5, 5.41) is 3.71. The number of rotatable bonds is 4. The molecule has 25 heavy (non-hydrogen) atoms. The highest BCUT2D eigenvalue weighted by atomic mass is 16.5. The van der Waals surface area contributed by atoms with E-state index in [0.29, 0.717) is 12.1 Å². The minimum atomic E-state index is 0.457. The zero-order valence-electron chi connectivity index (χ0n) is 15.0. The molecule has 2 aromatic carbocycles. The largest absolute Gasteiger partial charge is 0.493 e. The Labute approximate surface area is 149 Å². The number of piperidine rings is 1. The molecule has 2 heterocycles. The Bertz CT molecular complexity index is 732. The van der Waals surface area contributed by atoms with Crippen LogP contribution in [0.4, 0.5) is 5.69 Å². The van der Waals surface area contributed by atoms with Gasteiger partial charge in [-0.1, -0.05) is 18.2 Å². The molecule has 2 aliphatic heterocycles. The van der Waals surface area contributed by atoms with Crippen molar-refractivity contribution in [2.75, 3.05) is 32.6 Å². The number of hydrogen-bond donors (Lipinski definition) is 1. The molecule has 0 amide bonds. The molecule has 0 spiro atoms. The summed E-state index contributed by atoms with van der Waals surface area (Å²) in [5.74, 6) is 1.67. The molecule has 0 aromatic heterocycles. The van der Waals surface area contributed by atoms with Gasteiger partial charge in [0.1, 0.15) is 0 Å². The van der Waals surface area contributed by atoms with Gasteiger partial charge >= 0.3 is 0 Å². The highest BCUT2D eigenvalue weighted by Crippen LogP contribution is 2.42. The number of ether oxygens (including phenoxy) is 2. The van der Waals surface area contributed by atoms with Crippen molar-refractivity contribution in [2.45, 2.75) is 31.3 Å². The molecular formula is C21H26N2O2. The van der Waals surface area contributed by atoms with Crippen molar-refractivity contribution >= 4 is 5.69 Å². The first-order chi connectivity index (χ1) is 12.3. The molecule has 4 rings (SSSR count). The van der Waals surface area contributed by atoms with Crippen LogP contribution in [0.3, 0.4) is 0 Å². The van der Waals surface area contributed by atoms with Gasteiger partial charge in [0.25, 0.3) is 0 Å². The third-order valence-electron chi connectivity index (χ3n) is 5.53. The predicted molar refractivity (Wildman–Crippen MR) is 101 cm³/mol. The van der Waals surface area contributed by atoms with E-state index in [-0.39, 0.29) is 0 Å². The van der Waals surface area contributed by atoms with Crippen LogP contribution in [0.5, 0.6) is 11.5 Å². The Morgan fingerprint density at radius 2 is 1.76 bits per heavy atom. The Morgan fingerprint density at radius 3 is 2.52 bits per heavy atom. The maximum Gasteiger partial charge on any atom is 0.161 e. The van der Waals surface area contributed by atoms with Gasteiger partial charge in [0, 0.05) is 30.9 Å².